The summed E-state index contributed by atoms with van der Waals surface area (Å²) in [5.74, 6) is 0.898. The van der Waals surface area contributed by atoms with E-state index in [1.807, 2.05) is 59.5 Å². The SMILES string of the molecule is O=C(c1ccc(OCc2ccccc2)cc1)N1CC[NH+](Cc2ccsc2)CC1. The number of thiophene rings is 1. The topological polar surface area (TPSA) is 34.0 Å². The van der Waals surface area contributed by atoms with E-state index in [1.165, 1.54) is 5.56 Å². The standard InChI is InChI=1S/C23H24N2O2S/c26-23(25-13-11-24(12-14-25)16-20-10-15-28-18-20)21-6-8-22(9-7-21)27-17-19-4-2-1-3-5-19/h1-10,15,18H,11-14,16-17H2/p+1. The van der Waals surface area contributed by atoms with Crippen LogP contribution in [0.2, 0.25) is 0 Å². The Bertz CT molecular complexity index is 871. The molecule has 0 aliphatic carbocycles. The molecule has 4 nitrogen and oxygen atoms in total. The molecular weight excluding hydrogens is 368 g/mol. The van der Waals surface area contributed by atoms with Crippen LogP contribution in [0.4, 0.5) is 0 Å². The molecule has 0 radical (unpaired) electrons. The molecule has 1 aromatic heterocycles. The van der Waals surface area contributed by atoms with Gasteiger partial charge in [-0.25, -0.2) is 0 Å². The molecule has 1 N–H and O–H groups in total. The minimum Gasteiger partial charge on any atom is -0.489 e. The fourth-order valence-electron chi connectivity index (χ4n) is 3.50. The molecule has 144 valence electrons. The van der Waals surface area contributed by atoms with E-state index in [-0.39, 0.29) is 5.91 Å². The second-order valence-corrected chi connectivity index (χ2v) is 7.93. The average Bonchev–Trinajstić information content (AvgIpc) is 3.26. The fourth-order valence-corrected chi connectivity index (χ4v) is 4.17. The Morgan fingerprint density at radius 1 is 0.964 bits per heavy atom. The summed E-state index contributed by atoms with van der Waals surface area (Å²) in [6, 6.07) is 19.8. The van der Waals surface area contributed by atoms with E-state index >= 15 is 0 Å². The monoisotopic (exact) mass is 393 g/mol. The summed E-state index contributed by atoms with van der Waals surface area (Å²) in [4.78, 5) is 16.3. The Labute approximate surface area is 170 Å². The molecule has 5 heteroatoms. The molecule has 1 fully saturated rings. The molecule has 0 unspecified atom stereocenters. The molecule has 2 heterocycles. The third-order valence-electron chi connectivity index (χ3n) is 5.14. The number of carbonyl (C=O) groups excluding carboxylic acids is 1. The van der Waals surface area contributed by atoms with Gasteiger partial charge in [0.05, 0.1) is 26.2 Å². The predicted octanol–water partition coefficient (Wildman–Crippen LogP) is 2.87. The van der Waals surface area contributed by atoms with Gasteiger partial charge in [-0.2, -0.15) is 11.3 Å². The normalized spacial score (nSPS) is 14.8. The van der Waals surface area contributed by atoms with Gasteiger partial charge in [-0.3, -0.25) is 4.79 Å². The van der Waals surface area contributed by atoms with E-state index in [0.29, 0.717) is 6.61 Å². The Kier molecular flexibility index (Phi) is 6.04. The molecule has 1 saturated heterocycles. The first-order chi connectivity index (χ1) is 13.8. The number of carbonyl (C=O) groups is 1. The minimum absolute atomic E-state index is 0.115. The van der Waals surface area contributed by atoms with Crippen molar-refractivity contribution in [2.24, 2.45) is 0 Å². The lowest BCUT2D eigenvalue weighted by atomic mass is 10.1. The van der Waals surface area contributed by atoms with Crippen LogP contribution in [0.5, 0.6) is 5.75 Å². The van der Waals surface area contributed by atoms with Crippen LogP contribution in [0.1, 0.15) is 21.5 Å². The van der Waals surface area contributed by atoms with Crippen LogP contribution in [0.3, 0.4) is 0 Å². The van der Waals surface area contributed by atoms with Crippen LogP contribution in [0.25, 0.3) is 0 Å². The zero-order valence-electron chi connectivity index (χ0n) is 15.8. The summed E-state index contributed by atoms with van der Waals surface area (Å²) in [5, 5.41) is 4.34. The Balaban J connectivity index is 1.28. The van der Waals surface area contributed by atoms with E-state index in [1.54, 1.807) is 16.2 Å². The number of hydrogen-bond acceptors (Lipinski definition) is 3. The lowest BCUT2D eigenvalue weighted by Gasteiger charge is -2.32. The molecule has 28 heavy (non-hydrogen) atoms. The van der Waals surface area contributed by atoms with Crippen LogP contribution in [0.15, 0.2) is 71.4 Å². The van der Waals surface area contributed by atoms with Crippen LogP contribution in [-0.4, -0.2) is 37.0 Å². The highest BCUT2D eigenvalue weighted by Crippen LogP contribution is 2.16. The zero-order chi connectivity index (χ0) is 19.2. The fraction of sp³-hybridized carbons (Fsp3) is 0.261. The number of rotatable bonds is 6. The minimum atomic E-state index is 0.115. The van der Waals surface area contributed by atoms with Gasteiger partial charge >= 0.3 is 0 Å². The largest absolute Gasteiger partial charge is 0.489 e. The van der Waals surface area contributed by atoms with Crippen molar-refractivity contribution in [3.05, 3.63) is 88.1 Å². The van der Waals surface area contributed by atoms with E-state index in [4.69, 9.17) is 4.74 Å². The van der Waals surface area contributed by atoms with Gasteiger partial charge in [0.1, 0.15) is 18.9 Å². The number of piperazine rings is 1. The van der Waals surface area contributed by atoms with Crippen LogP contribution in [0, 0.1) is 0 Å². The summed E-state index contributed by atoms with van der Waals surface area (Å²) in [6.07, 6.45) is 0. The highest BCUT2D eigenvalue weighted by Gasteiger charge is 2.24. The maximum absolute atomic E-state index is 12.8. The molecule has 2 aromatic carbocycles. The second-order valence-electron chi connectivity index (χ2n) is 7.15. The van der Waals surface area contributed by atoms with E-state index in [9.17, 15) is 4.79 Å². The molecule has 0 saturated carbocycles. The lowest BCUT2D eigenvalue weighted by Crippen LogP contribution is -3.13. The van der Waals surface area contributed by atoms with Gasteiger partial charge in [0, 0.05) is 11.1 Å². The van der Waals surface area contributed by atoms with Gasteiger partial charge < -0.3 is 14.5 Å². The predicted molar refractivity (Wildman–Crippen MR) is 112 cm³/mol. The average molecular weight is 394 g/mol. The van der Waals surface area contributed by atoms with Crippen LogP contribution >= 0.6 is 11.3 Å². The Morgan fingerprint density at radius 2 is 1.71 bits per heavy atom. The van der Waals surface area contributed by atoms with Crippen molar-refractivity contribution in [3.8, 4) is 5.75 Å². The van der Waals surface area contributed by atoms with Gasteiger partial charge in [-0.15, -0.1) is 0 Å². The van der Waals surface area contributed by atoms with Crippen molar-refractivity contribution in [1.82, 2.24) is 4.90 Å². The van der Waals surface area contributed by atoms with Gasteiger partial charge in [-0.1, -0.05) is 30.3 Å². The van der Waals surface area contributed by atoms with Crippen molar-refractivity contribution >= 4 is 17.2 Å². The highest BCUT2D eigenvalue weighted by molar-refractivity contribution is 7.07. The second kappa shape index (κ2) is 9.04. The van der Waals surface area contributed by atoms with E-state index in [0.717, 1.165) is 49.6 Å². The number of amides is 1. The van der Waals surface area contributed by atoms with Gasteiger partial charge in [0.15, 0.2) is 0 Å². The van der Waals surface area contributed by atoms with Crippen molar-refractivity contribution in [2.45, 2.75) is 13.2 Å². The number of hydrogen-bond donors (Lipinski definition) is 1. The summed E-state index contributed by atoms with van der Waals surface area (Å²) >= 11 is 1.75. The number of ether oxygens (including phenoxy) is 1. The third-order valence-corrected chi connectivity index (χ3v) is 5.87. The molecule has 4 rings (SSSR count). The molecule has 0 spiro atoms. The van der Waals surface area contributed by atoms with E-state index in [2.05, 4.69) is 16.8 Å². The molecule has 1 amide bonds. The Hall–Kier alpha value is -2.63. The molecule has 0 bridgehead atoms. The van der Waals surface area contributed by atoms with Crippen LogP contribution in [-0.2, 0) is 13.2 Å². The summed E-state index contributed by atoms with van der Waals surface area (Å²) in [5.41, 5.74) is 3.25. The van der Waals surface area contributed by atoms with Crippen molar-refractivity contribution in [1.29, 1.82) is 0 Å². The summed E-state index contributed by atoms with van der Waals surface area (Å²) < 4.78 is 5.81. The number of quaternary nitrogens is 1. The molecular formula is C23H25N2O2S+. The molecule has 3 aromatic rings. The van der Waals surface area contributed by atoms with Gasteiger partial charge in [-0.05, 0) is 46.7 Å². The maximum atomic E-state index is 12.8. The van der Waals surface area contributed by atoms with Crippen molar-refractivity contribution in [2.75, 3.05) is 26.2 Å². The number of benzene rings is 2. The summed E-state index contributed by atoms with van der Waals surface area (Å²) in [6.45, 7) is 5.21. The first kappa shape index (κ1) is 18.7. The summed E-state index contributed by atoms with van der Waals surface area (Å²) in [7, 11) is 0. The first-order valence-electron chi connectivity index (χ1n) is 9.68. The third kappa shape index (κ3) is 4.80. The number of nitrogens with zero attached hydrogens (tertiary/aromatic N) is 1. The van der Waals surface area contributed by atoms with Crippen molar-refractivity contribution < 1.29 is 14.4 Å². The quantitative estimate of drug-likeness (QED) is 0.699. The molecule has 1 aliphatic heterocycles. The van der Waals surface area contributed by atoms with E-state index < -0.39 is 0 Å². The lowest BCUT2D eigenvalue weighted by molar-refractivity contribution is -0.917. The zero-order valence-corrected chi connectivity index (χ0v) is 16.7. The molecule has 0 atom stereocenters. The first-order valence-corrected chi connectivity index (χ1v) is 10.6. The highest BCUT2D eigenvalue weighted by atomic mass is 32.1. The maximum Gasteiger partial charge on any atom is 0.254 e. The van der Waals surface area contributed by atoms with Gasteiger partial charge in [0.25, 0.3) is 5.91 Å². The van der Waals surface area contributed by atoms with Crippen LogP contribution < -0.4 is 9.64 Å². The smallest absolute Gasteiger partial charge is 0.254 e. The van der Waals surface area contributed by atoms with Crippen molar-refractivity contribution in [3.63, 3.8) is 0 Å². The Morgan fingerprint density at radius 3 is 2.39 bits per heavy atom. The van der Waals surface area contributed by atoms with Gasteiger partial charge in [0.2, 0.25) is 0 Å². The molecule has 1 aliphatic rings. The number of nitrogens with one attached hydrogen (secondary N) is 1.